The Hall–Kier alpha value is -1.66. The van der Waals surface area contributed by atoms with E-state index in [4.69, 9.17) is 10.6 Å². The van der Waals surface area contributed by atoms with Crippen LogP contribution in [0.3, 0.4) is 0 Å². The Morgan fingerprint density at radius 3 is 3.05 bits per heavy atom. The fourth-order valence-corrected chi connectivity index (χ4v) is 2.51. The van der Waals surface area contributed by atoms with Gasteiger partial charge in [0.05, 0.1) is 6.61 Å². The molecular formula is C14H22N4O2. The fourth-order valence-electron chi connectivity index (χ4n) is 2.51. The van der Waals surface area contributed by atoms with Gasteiger partial charge in [0.15, 0.2) is 0 Å². The minimum absolute atomic E-state index is 0.0161. The standard InChI is InChI=1S/C14H22N4O2/c1-10-6-12(7-13(16-10)17-15)14(19)18(2)8-11-4-3-5-20-9-11/h6-7,11H,3-5,8-9,15H2,1-2H3,(H,16,17). The zero-order chi connectivity index (χ0) is 14.5. The monoisotopic (exact) mass is 278 g/mol. The number of carbonyl (C=O) groups is 1. The van der Waals surface area contributed by atoms with E-state index < -0.39 is 0 Å². The molecule has 20 heavy (non-hydrogen) atoms. The number of hydrogen-bond donors (Lipinski definition) is 2. The molecule has 2 rings (SSSR count). The van der Waals surface area contributed by atoms with Crippen molar-refractivity contribution in [1.82, 2.24) is 9.88 Å². The number of nitrogens with two attached hydrogens (primary N) is 1. The number of rotatable bonds is 4. The average Bonchev–Trinajstić information content (AvgIpc) is 2.46. The second kappa shape index (κ2) is 6.67. The summed E-state index contributed by atoms with van der Waals surface area (Å²) >= 11 is 0. The Bertz CT molecular complexity index is 472. The summed E-state index contributed by atoms with van der Waals surface area (Å²) in [6.45, 7) is 4.13. The molecule has 110 valence electrons. The van der Waals surface area contributed by atoms with Crippen molar-refractivity contribution in [2.24, 2.45) is 11.8 Å². The highest BCUT2D eigenvalue weighted by atomic mass is 16.5. The second-order valence-corrected chi connectivity index (χ2v) is 5.30. The zero-order valence-corrected chi connectivity index (χ0v) is 12.1. The van der Waals surface area contributed by atoms with Crippen molar-refractivity contribution in [3.63, 3.8) is 0 Å². The molecule has 1 aromatic rings. The van der Waals surface area contributed by atoms with Gasteiger partial charge in [0, 0.05) is 31.5 Å². The molecule has 1 saturated heterocycles. The van der Waals surface area contributed by atoms with Crippen LogP contribution in [0.1, 0.15) is 28.9 Å². The third-order valence-corrected chi connectivity index (χ3v) is 3.48. The maximum atomic E-state index is 12.4. The lowest BCUT2D eigenvalue weighted by Gasteiger charge is -2.27. The largest absolute Gasteiger partial charge is 0.381 e. The van der Waals surface area contributed by atoms with Crippen molar-refractivity contribution in [2.75, 3.05) is 32.2 Å². The van der Waals surface area contributed by atoms with Crippen molar-refractivity contribution >= 4 is 11.7 Å². The van der Waals surface area contributed by atoms with Crippen LogP contribution in [0.4, 0.5) is 5.82 Å². The number of nitrogens with one attached hydrogen (secondary N) is 1. The third-order valence-electron chi connectivity index (χ3n) is 3.48. The Balaban J connectivity index is 2.03. The first kappa shape index (κ1) is 14.7. The predicted octanol–water partition coefficient (Wildman–Crippen LogP) is 1.17. The molecule has 1 atom stereocenters. The van der Waals surface area contributed by atoms with Crippen molar-refractivity contribution in [3.8, 4) is 0 Å². The molecular weight excluding hydrogens is 256 g/mol. The number of hydrazine groups is 1. The lowest BCUT2D eigenvalue weighted by atomic mass is 10.0. The molecule has 2 heterocycles. The predicted molar refractivity (Wildman–Crippen MR) is 77.3 cm³/mol. The molecule has 6 nitrogen and oxygen atoms in total. The maximum Gasteiger partial charge on any atom is 0.253 e. The van der Waals surface area contributed by atoms with E-state index in [2.05, 4.69) is 10.4 Å². The highest BCUT2D eigenvalue weighted by molar-refractivity contribution is 5.94. The molecule has 3 N–H and O–H groups in total. The van der Waals surface area contributed by atoms with Gasteiger partial charge >= 0.3 is 0 Å². The Kier molecular flexibility index (Phi) is 4.92. The summed E-state index contributed by atoms with van der Waals surface area (Å²) in [4.78, 5) is 18.4. The first-order chi connectivity index (χ1) is 9.60. The average molecular weight is 278 g/mol. The topological polar surface area (TPSA) is 80.5 Å². The summed E-state index contributed by atoms with van der Waals surface area (Å²) in [6, 6.07) is 3.44. The lowest BCUT2D eigenvalue weighted by Crippen LogP contribution is -2.35. The number of aryl methyl sites for hydroxylation is 1. The summed E-state index contributed by atoms with van der Waals surface area (Å²) in [7, 11) is 1.82. The molecule has 1 amide bonds. The van der Waals surface area contributed by atoms with E-state index in [1.54, 1.807) is 17.0 Å². The van der Waals surface area contributed by atoms with Crippen LogP contribution in [-0.2, 0) is 4.74 Å². The Morgan fingerprint density at radius 2 is 2.40 bits per heavy atom. The van der Waals surface area contributed by atoms with Gasteiger partial charge in [0.25, 0.3) is 5.91 Å². The number of amides is 1. The van der Waals surface area contributed by atoms with E-state index in [0.29, 0.717) is 23.8 Å². The summed E-state index contributed by atoms with van der Waals surface area (Å²) in [5, 5.41) is 0. The summed E-state index contributed by atoms with van der Waals surface area (Å²) < 4.78 is 5.45. The van der Waals surface area contributed by atoms with Crippen molar-refractivity contribution in [2.45, 2.75) is 19.8 Å². The van der Waals surface area contributed by atoms with E-state index in [1.807, 2.05) is 14.0 Å². The van der Waals surface area contributed by atoms with E-state index in [1.165, 1.54) is 0 Å². The Morgan fingerprint density at radius 1 is 1.60 bits per heavy atom. The SMILES string of the molecule is Cc1cc(C(=O)N(C)CC2CCCOC2)cc(NN)n1. The lowest BCUT2D eigenvalue weighted by molar-refractivity contribution is 0.0388. The first-order valence-electron chi connectivity index (χ1n) is 6.88. The summed E-state index contributed by atoms with van der Waals surface area (Å²) in [6.07, 6.45) is 2.19. The number of pyridine rings is 1. The van der Waals surface area contributed by atoms with E-state index in [-0.39, 0.29) is 5.91 Å². The molecule has 1 unspecified atom stereocenters. The van der Waals surface area contributed by atoms with Crippen LogP contribution in [-0.4, -0.2) is 42.6 Å². The van der Waals surface area contributed by atoms with Crippen LogP contribution in [0.25, 0.3) is 0 Å². The molecule has 0 radical (unpaired) electrons. The third kappa shape index (κ3) is 3.68. The molecule has 0 aliphatic carbocycles. The normalized spacial score (nSPS) is 18.6. The molecule has 0 aromatic carbocycles. The van der Waals surface area contributed by atoms with Crippen molar-refractivity contribution < 1.29 is 9.53 Å². The van der Waals surface area contributed by atoms with Gasteiger partial charge in [-0.15, -0.1) is 0 Å². The maximum absolute atomic E-state index is 12.4. The van der Waals surface area contributed by atoms with E-state index in [9.17, 15) is 4.79 Å². The van der Waals surface area contributed by atoms with Crippen LogP contribution in [0, 0.1) is 12.8 Å². The molecule has 6 heteroatoms. The van der Waals surface area contributed by atoms with Gasteiger partial charge in [0.1, 0.15) is 5.82 Å². The highest BCUT2D eigenvalue weighted by Crippen LogP contribution is 2.16. The highest BCUT2D eigenvalue weighted by Gasteiger charge is 2.20. The first-order valence-corrected chi connectivity index (χ1v) is 6.88. The number of hydrogen-bond acceptors (Lipinski definition) is 5. The smallest absolute Gasteiger partial charge is 0.253 e. The van der Waals surface area contributed by atoms with Crippen molar-refractivity contribution in [1.29, 1.82) is 0 Å². The summed E-state index contributed by atoms with van der Waals surface area (Å²) in [5.41, 5.74) is 3.85. The van der Waals surface area contributed by atoms with E-state index in [0.717, 1.165) is 31.7 Å². The van der Waals surface area contributed by atoms with Crippen LogP contribution in [0.15, 0.2) is 12.1 Å². The molecule has 1 fully saturated rings. The number of ether oxygens (including phenoxy) is 1. The van der Waals surface area contributed by atoms with Gasteiger partial charge in [-0.2, -0.15) is 0 Å². The molecule has 1 aromatic heterocycles. The second-order valence-electron chi connectivity index (χ2n) is 5.30. The van der Waals surface area contributed by atoms with Crippen LogP contribution >= 0.6 is 0 Å². The van der Waals surface area contributed by atoms with Gasteiger partial charge < -0.3 is 15.1 Å². The van der Waals surface area contributed by atoms with Gasteiger partial charge in [-0.1, -0.05) is 0 Å². The molecule has 0 bridgehead atoms. The molecule has 0 spiro atoms. The minimum atomic E-state index is -0.0161. The van der Waals surface area contributed by atoms with E-state index >= 15 is 0 Å². The fraction of sp³-hybridized carbons (Fsp3) is 0.571. The van der Waals surface area contributed by atoms with Crippen LogP contribution in [0.2, 0.25) is 0 Å². The van der Waals surface area contributed by atoms with Crippen LogP contribution < -0.4 is 11.3 Å². The minimum Gasteiger partial charge on any atom is -0.381 e. The quantitative estimate of drug-likeness (QED) is 0.638. The van der Waals surface area contributed by atoms with Gasteiger partial charge in [-0.05, 0) is 37.8 Å². The molecule has 1 aliphatic rings. The summed E-state index contributed by atoms with van der Waals surface area (Å²) in [5.74, 6) is 6.27. The number of carbonyl (C=O) groups excluding carboxylic acids is 1. The molecule has 1 aliphatic heterocycles. The molecule has 0 saturated carbocycles. The number of aromatic nitrogens is 1. The van der Waals surface area contributed by atoms with Gasteiger partial charge in [-0.3, -0.25) is 4.79 Å². The zero-order valence-electron chi connectivity index (χ0n) is 12.1. The van der Waals surface area contributed by atoms with Crippen LogP contribution in [0.5, 0.6) is 0 Å². The number of nitrogen functional groups attached to an aromatic ring is 1. The Labute approximate surface area is 119 Å². The van der Waals surface area contributed by atoms with Gasteiger partial charge in [0.2, 0.25) is 0 Å². The van der Waals surface area contributed by atoms with Crippen molar-refractivity contribution in [3.05, 3.63) is 23.4 Å². The number of anilines is 1. The number of nitrogens with zero attached hydrogens (tertiary/aromatic N) is 2. The van der Waals surface area contributed by atoms with Gasteiger partial charge in [-0.25, -0.2) is 10.8 Å².